The Balaban J connectivity index is 2.27. The number of hydrogen-bond donors (Lipinski definition) is 2. The molecule has 5 heteroatoms. The molecule has 0 aromatic heterocycles. The van der Waals surface area contributed by atoms with E-state index in [-0.39, 0.29) is 5.91 Å². The first-order chi connectivity index (χ1) is 9.20. The van der Waals surface area contributed by atoms with Crippen LogP contribution in [-0.2, 0) is 4.79 Å². The van der Waals surface area contributed by atoms with E-state index in [9.17, 15) is 4.79 Å². The first-order valence-corrected chi connectivity index (χ1v) is 6.94. The van der Waals surface area contributed by atoms with Crippen LogP contribution in [0.4, 0.5) is 0 Å². The van der Waals surface area contributed by atoms with Crippen molar-refractivity contribution in [2.75, 3.05) is 0 Å². The maximum absolute atomic E-state index is 11.9. The molecular formula is C14H13ClN2OS. The zero-order valence-corrected chi connectivity index (χ0v) is 11.6. The van der Waals surface area contributed by atoms with Crippen LogP contribution in [0.5, 0.6) is 0 Å². The van der Waals surface area contributed by atoms with Gasteiger partial charge in [0.2, 0.25) is 0 Å². The summed E-state index contributed by atoms with van der Waals surface area (Å²) >= 11 is 7.36. The zero-order valence-electron chi connectivity index (χ0n) is 10.0. The number of nitrogens with one attached hydrogen (secondary N) is 1. The van der Waals surface area contributed by atoms with Crippen molar-refractivity contribution in [3.63, 3.8) is 0 Å². The van der Waals surface area contributed by atoms with Gasteiger partial charge in [-0.3, -0.25) is 10.2 Å². The number of halogens is 1. The summed E-state index contributed by atoms with van der Waals surface area (Å²) in [5.41, 5.74) is 3.10. The van der Waals surface area contributed by atoms with Crippen molar-refractivity contribution in [1.29, 1.82) is 0 Å². The third kappa shape index (κ3) is 3.73. The van der Waals surface area contributed by atoms with Crippen LogP contribution in [0, 0.1) is 0 Å². The van der Waals surface area contributed by atoms with Gasteiger partial charge in [0.25, 0.3) is 5.91 Å². The largest absolute Gasteiger partial charge is 0.293 e. The molecule has 2 aromatic rings. The first kappa shape index (κ1) is 13.9. The Hall–Kier alpha value is -1.49. The minimum absolute atomic E-state index is 0.240. The van der Waals surface area contributed by atoms with Gasteiger partial charge in [-0.1, -0.05) is 48.0 Å². The van der Waals surface area contributed by atoms with E-state index in [2.05, 4.69) is 5.43 Å². The van der Waals surface area contributed by atoms with Crippen molar-refractivity contribution in [2.24, 2.45) is 5.84 Å². The van der Waals surface area contributed by atoms with Crippen LogP contribution in [0.15, 0.2) is 59.5 Å². The third-order valence-corrected chi connectivity index (χ3v) is 4.02. The standard InChI is InChI=1S/C14H13ClN2OS/c15-11-7-4-8-12(9-11)19-13(14(18)17-16)10-5-2-1-3-6-10/h1-9,13H,16H2,(H,17,18). The van der Waals surface area contributed by atoms with Gasteiger partial charge < -0.3 is 0 Å². The van der Waals surface area contributed by atoms with E-state index >= 15 is 0 Å². The molecule has 98 valence electrons. The van der Waals surface area contributed by atoms with Gasteiger partial charge in [0.05, 0.1) is 0 Å². The highest BCUT2D eigenvalue weighted by Crippen LogP contribution is 2.36. The zero-order chi connectivity index (χ0) is 13.7. The number of rotatable bonds is 4. The summed E-state index contributed by atoms with van der Waals surface area (Å²) in [6.45, 7) is 0. The molecule has 0 saturated heterocycles. The number of carbonyl (C=O) groups is 1. The molecule has 0 bridgehead atoms. The first-order valence-electron chi connectivity index (χ1n) is 5.68. The smallest absolute Gasteiger partial charge is 0.251 e. The van der Waals surface area contributed by atoms with E-state index in [4.69, 9.17) is 17.4 Å². The van der Waals surface area contributed by atoms with Crippen LogP contribution in [0.1, 0.15) is 10.8 Å². The van der Waals surface area contributed by atoms with Gasteiger partial charge in [0, 0.05) is 9.92 Å². The Kier molecular flexibility index (Phi) is 4.85. The quantitative estimate of drug-likeness (QED) is 0.394. The Morgan fingerprint density at radius 3 is 2.53 bits per heavy atom. The number of thioether (sulfide) groups is 1. The summed E-state index contributed by atoms with van der Waals surface area (Å²) in [5.74, 6) is 5.02. The number of benzene rings is 2. The van der Waals surface area contributed by atoms with E-state index in [0.717, 1.165) is 10.5 Å². The van der Waals surface area contributed by atoms with Gasteiger partial charge in [-0.15, -0.1) is 11.8 Å². The average Bonchev–Trinajstić information content (AvgIpc) is 2.45. The molecule has 0 spiro atoms. The maximum Gasteiger partial charge on any atom is 0.251 e. The number of carbonyl (C=O) groups excluding carboxylic acids is 1. The van der Waals surface area contributed by atoms with Crippen LogP contribution < -0.4 is 11.3 Å². The van der Waals surface area contributed by atoms with Gasteiger partial charge in [0.15, 0.2) is 0 Å². The topological polar surface area (TPSA) is 55.1 Å². The van der Waals surface area contributed by atoms with Crippen molar-refractivity contribution in [2.45, 2.75) is 10.1 Å². The second-order valence-electron chi connectivity index (χ2n) is 3.87. The molecule has 0 radical (unpaired) electrons. The van der Waals surface area contributed by atoms with Crippen molar-refractivity contribution in [3.8, 4) is 0 Å². The predicted molar refractivity (Wildman–Crippen MR) is 78.8 cm³/mol. The van der Waals surface area contributed by atoms with Crippen LogP contribution in [0.3, 0.4) is 0 Å². The summed E-state index contributed by atoms with van der Waals surface area (Å²) in [6.07, 6.45) is 0. The molecular weight excluding hydrogens is 280 g/mol. The van der Waals surface area contributed by atoms with Crippen molar-refractivity contribution < 1.29 is 4.79 Å². The number of nitrogens with two attached hydrogens (primary N) is 1. The molecule has 2 rings (SSSR count). The van der Waals surface area contributed by atoms with E-state index in [1.807, 2.05) is 48.5 Å². The highest BCUT2D eigenvalue weighted by Gasteiger charge is 2.21. The highest BCUT2D eigenvalue weighted by molar-refractivity contribution is 8.00. The van der Waals surface area contributed by atoms with Crippen LogP contribution in [0.25, 0.3) is 0 Å². The molecule has 0 aliphatic heterocycles. The molecule has 1 atom stereocenters. The second-order valence-corrected chi connectivity index (χ2v) is 5.49. The molecule has 1 unspecified atom stereocenters. The Bertz CT molecular complexity index is 562. The van der Waals surface area contributed by atoms with E-state index in [1.165, 1.54) is 11.8 Å². The summed E-state index contributed by atoms with van der Waals surface area (Å²) in [6, 6.07) is 16.9. The lowest BCUT2D eigenvalue weighted by molar-refractivity contribution is -0.120. The molecule has 0 heterocycles. The van der Waals surface area contributed by atoms with Crippen molar-refractivity contribution in [1.82, 2.24) is 5.43 Å². The summed E-state index contributed by atoms with van der Waals surface area (Å²) in [5, 5.41) is 0.245. The van der Waals surface area contributed by atoms with Gasteiger partial charge in [-0.2, -0.15) is 0 Å². The van der Waals surface area contributed by atoms with Gasteiger partial charge in [-0.25, -0.2) is 5.84 Å². The molecule has 0 saturated carbocycles. The molecule has 2 aromatic carbocycles. The molecule has 19 heavy (non-hydrogen) atoms. The second kappa shape index (κ2) is 6.61. The van der Waals surface area contributed by atoms with Gasteiger partial charge in [-0.05, 0) is 23.8 Å². The fourth-order valence-electron chi connectivity index (χ4n) is 1.65. The van der Waals surface area contributed by atoms with E-state index in [0.29, 0.717) is 5.02 Å². The summed E-state index contributed by atoms with van der Waals surface area (Å²) in [4.78, 5) is 12.8. The van der Waals surface area contributed by atoms with Gasteiger partial charge in [0.1, 0.15) is 5.25 Å². The Morgan fingerprint density at radius 2 is 1.89 bits per heavy atom. The highest BCUT2D eigenvalue weighted by atomic mass is 35.5. The average molecular weight is 293 g/mol. The molecule has 3 N–H and O–H groups in total. The number of hydrazine groups is 1. The predicted octanol–water partition coefficient (Wildman–Crippen LogP) is 3.16. The summed E-state index contributed by atoms with van der Waals surface area (Å²) < 4.78 is 0. The third-order valence-electron chi connectivity index (χ3n) is 2.53. The fraction of sp³-hybridized carbons (Fsp3) is 0.0714. The molecule has 1 amide bonds. The van der Waals surface area contributed by atoms with Crippen molar-refractivity contribution >= 4 is 29.3 Å². The molecule has 0 aliphatic rings. The van der Waals surface area contributed by atoms with E-state index < -0.39 is 5.25 Å². The van der Waals surface area contributed by atoms with Crippen LogP contribution in [0.2, 0.25) is 5.02 Å². The molecule has 3 nitrogen and oxygen atoms in total. The SMILES string of the molecule is NNC(=O)C(Sc1cccc(Cl)c1)c1ccccc1. The lowest BCUT2D eigenvalue weighted by Crippen LogP contribution is -2.33. The number of amides is 1. The summed E-state index contributed by atoms with van der Waals surface area (Å²) in [7, 11) is 0. The van der Waals surface area contributed by atoms with Crippen LogP contribution in [-0.4, -0.2) is 5.91 Å². The van der Waals surface area contributed by atoms with Crippen molar-refractivity contribution in [3.05, 3.63) is 65.2 Å². The maximum atomic E-state index is 11.9. The normalized spacial score (nSPS) is 11.9. The Morgan fingerprint density at radius 1 is 1.16 bits per heavy atom. The minimum atomic E-state index is -0.398. The lowest BCUT2D eigenvalue weighted by Gasteiger charge is -2.15. The fourth-order valence-corrected chi connectivity index (χ4v) is 3.00. The molecule has 0 aliphatic carbocycles. The number of hydrogen-bond acceptors (Lipinski definition) is 3. The minimum Gasteiger partial charge on any atom is -0.293 e. The monoisotopic (exact) mass is 292 g/mol. The lowest BCUT2D eigenvalue weighted by atomic mass is 10.1. The van der Waals surface area contributed by atoms with Gasteiger partial charge >= 0.3 is 0 Å². The molecule has 0 fully saturated rings. The Labute approximate surface area is 121 Å². The van der Waals surface area contributed by atoms with Crippen LogP contribution >= 0.6 is 23.4 Å². The van der Waals surface area contributed by atoms with E-state index in [1.54, 1.807) is 6.07 Å².